The molecule has 164 valence electrons. The lowest BCUT2D eigenvalue weighted by molar-refractivity contribution is 0.0535. The maximum absolute atomic E-state index is 13.1. The first-order chi connectivity index (χ1) is 15.5. The first kappa shape index (κ1) is 20.1. The number of rotatable bonds is 3. The summed E-state index contributed by atoms with van der Waals surface area (Å²) in [6.07, 6.45) is 1.63. The lowest BCUT2D eigenvalue weighted by Crippen LogP contribution is -2.50. The third-order valence-electron chi connectivity index (χ3n) is 5.99. The van der Waals surface area contributed by atoms with Crippen LogP contribution in [-0.2, 0) is 0 Å². The number of carbonyl (C=O) groups excluding carboxylic acids is 2. The average molecular weight is 432 g/mol. The number of ether oxygens (including phenoxy) is 2. The normalized spacial score (nSPS) is 15.2. The Bertz CT molecular complexity index is 1180. The molecule has 5 rings (SSSR count). The zero-order chi connectivity index (χ0) is 22.2. The fourth-order valence-corrected chi connectivity index (χ4v) is 4.06. The van der Waals surface area contributed by atoms with E-state index in [1.54, 1.807) is 38.9 Å². The van der Waals surface area contributed by atoms with E-state index in [1.165, 1.54) is 5.56 Å². The second-order valence-electron chi connectivity index (χ2n) is 8.04. The topological polar surface area (TPSA) is 76.9 Å². The highest BCUT2D eigenvalue weighted by molar-refractivity contribution is 5.97. The maximum atomic E-state index is 13.1. The number of hydrogen-bond donors (Lipinski definition) is 0. The minimum Gasteiger partial charge on any atom is -0.454 e. The number of hydrogen-bond acceptors (Lipinski definition) is 5. The van der Waals surface area contributed by atoms with Crippen LogP contribution in [0.3, 0.4) is 0 Å². The summed E-state index contributed by atoms with van der Waals surface area (Å²) in [7, 11) is 0. The van der Waals surface area contributed by atoms with E-state index < -0.39 is 0 Å². The van der Waals surface area contributed by atoms with Crippen molar-refractivity contribution in [1.29, 1.82) is 0 Å². The van der Waals surface area contributed by atoms with Gasteiger partial charge in [-0.3, -0.25) is 9.59 Å². The van der Waals surface area contributed by atoms with Crippen molar-refractivity contribution in [3.63, 3.8) is 0 Å². The van der Waals surface area contributed by atoms with Crippen LogP contribution in [0.4, 0.5) is 0 Å². The molecule has 2 aliphatic rings. The maximum Gasteiger partial charge on any atom is 0.257 e. The van der Waals surface area contributed by atoms with Crippen molar-refractivity contribution in [2.45, 2.75) is 13.8 Å². The van der Waals surface area contributed by atoms with Crippen LogP contribution in [-0.4, -0.2) is 64.4 Å². The van der Waals surface area contributed by atoms with Crippen LogP contribution in [0.5, 0.6) is 11.5 Å². The van der Waals surface area contributed by atoms with Gasteiger partial charge in [-0.05, 0) is 44.2 Å². The lowest BCUT2D eigenvalue weighted by Gasteiger charge is -2.34. The van der Waals surface area contributed by atoms with Crippen molar-refractivity contribution in [2.24, 2.45) is 0 Å². The van der Waals surface area contributed by atoms with E-state index in [1.807, 2.05) is 38.1 Å². The van der Waals surface area contributed by atoms with Crippen LogP contribution in [0.2, 0.25) is 0 Å². The number of amides is 2. The molecule has 2 amide bonds. The van der Waals surface area contributed by atoms with Crippen molar-refractivity contribution in [3.05, 3.63) is 71.0 Å². The minimum absolute atomic E-state index is 0.0592. The molecule has 8 heteroatoms. The predicted octanol–water partition coefficient (Wildman–Crippen LogP) is 2.82. The first-order valence-corrected chi connectivity index (χ1v) is 10.6. The van der Waals surface area contributed by atoms with E-state index in [-0.39, 0.29) is 18.6 Å². The van der Waals surface area contributed by atoms with E-state index in [0.717, 1.165) is 11.4 Å². The molecule has 3 aromatic rings. The molecule has 0 spiro atoms. The Morgan fingerprint density at radius 1 is 0.844 bits per heavy atom. The monoisotopic (exact) mass is 432 g/mol. The molecule has 0 unspecified atom stereocenters. The summed E-state index contributed by atoms with van der Waals surface area (Å²) in [5.41, 5.74) is 4.04. The third kappa shape index (κ3) is 3.57. The van der Waals surface area contributed by atoms with Crippen molar-refractivity contribution in [1.82, 2.24) is 19.6 Å². The highest BCUT2D eigenvalue weighted by Gasteiger charge is 2.28. The van der Waals surface area contributed by atoms with E-state index in [4.69, 9.17) is 9.47 Å². The molecule has 2 aromatic carbocycles. The lowest BCUT2D eigenvalue weighted by atomic mass is 10.1. The fraction of sp³-hybridized carbons (Fsp3) is 0.292. The van der Waals surface area contributed by atoms with Crippen LogP contribution in [0, 0.1) is 13.8 Å². The molecule has 0 bridgehead atoms. The number of nitrogens with zero attached hydrogens (tertiary/aromatic N) is 4. The van der Waals surface area contributed by atoms with Crippen molar-refractivity contribution in [2.75, 3.05) is 33.0 Å². The number of aromatic nitrogens is 2. The molecule has 1 fully saturated rings. The third-order valence-corrected chi connectivity index (χ3v) is 5.99. The number of fused-ring (bicyclic) bond motifs is 1. The zero-order valence-corrected chi connectivity index (χ0v) is 18.1. The Balaban J connectivity index is 1.25. The largest absolute Gasteiger partial charge is 0.454 e. The van der Waals surface area contributed by atoms with Gasteiger partial charge in [0.15, 0.2) is 11.5 Å². The Hall–Kier alpha value is -3.81. The molecular formula is C24H24N4O4. The molecule has 2 aliphatic heterocycles. The highest BCUT2D eigenvalue weighted by Crippen LogP contribution is 2.33. The average Bonchev–Trinajstić information content (AvgIpc) is 3.45. The van der Waals surface area contributed by atoms with E-state index in [0.29, 0.717) is 48.8 Å². The minimum atomic E-state index is -0.0706. The molecule has 32 heavy (non-hydrogen) atoms. The zero-order valence-electron chi connectivity index (χ0n) is 18.1. The Kier molecular flexibility index (Phi) is 5.05. The second-order valence-corrected chi connectivity index (χ2v) is 8.04. The molecule has 0 saturated carbocycles. The van der Waals surface area contributed by atoms with Gasteiger partial charge in [0, 0.05) is 31.7 Å². The first-order valence-electron chi connectivity index (χ1n) is 10.6. The molecule has 1 aromatic heterocycles. The van der Waals surface area contributed by atoms with Gasteiger partial charge in [0.05, 0.1) is 23.1 Å². The summed E-state index contributed by atoms with van der Waals surface area (Å²) in [5, 5.41) is 4.43. The summed E-state index contributed by atoms with van der Waals surface area (Å²) in [6, 6.07) is 13.2. The van der Waals surface area contributed by atoms with Gasteiger partial charge in [0.1, 0.15) is 0 Å². The number of aryl methyl sites for hydroxylation is 1. The Morgan fingerprint density at radius 2 is 1.50 bits per heavy atom. The van der Waals surface area contributed by atoms with Crippen LogP contribution in [0.25, 0.3) is 5.69 Å². The predicted molar refractivity (Wildman–Crippen MR) is 117 cm³/mol. The summed E-state index contributed by atoms with van der Waals surface area (Å²) in [6.45, 7) is 6.02. The van der Waals surface area contributed by atoms with Gasteiger partial charge in [-0.1, -0.05) is 17.7 Å². The summed E-state index contributed by atoms with van der Waals surface area (Å²) in [4.78, 5) is 29.6. The van der Waals surface area contributed by atoms with Gasteiger partial charge < -0.3 is 19.3 Å². The van der Waals surface area contributed by atoms with Gasteiger partial charge >= 0.3 is 0 Å². The van der Waals surface area contributed by atoms with Gasteiger partial charge in [-0.25, -0.2) is 4.68 Å². The summed E-state index contributed by atoms with van der Waals surface area (Å²) in [5.74, 6) is 1.11. The molecule has 0 N–H and O–H groups in total. The standard InChI is InChI=1S/C24H24N4O4/c1-16-3-6-19(7-4-16)28-17(2)20(14-25-28)24(30)27-11-9-26(10-12-27)23(29)18-5-8-21-22(13-18)32-15-31-21/h3-8,13-14H,9-12,15H2,1-2H3. The van der Waals surface area contributed by atoms with Crippen LogP contribution >= 0.6 is 0 Å². The quantitative estimate of drug-likeness (QED) is 0.636. The van der Waals surface area contributed by atoms with Crippen molar-refractivity contribution < 1.29 is 19.1 Å². The molecule has 1 saturated heterocycles. The molecule has 0 radical (unpaired) electrons. The molecule has 8 nitrogen and oxygen atoms in total. The van der Waals surface area contributed by atoms with E-state index in [2.05, 4.69) is 5.10 Å². The van der Waals surface area contributed by atoms with Gasteiger partial charge in [0.2, 0.25) is 6.79 Å². The van der Waals surface area contributed by atoms with Gasteiger partial charge in [0.25, 0.3) is 11.8 Å². The molecule has 0 atom stereocenters. The van der Waals surface area contributed by atoms with E-state index in [9.17, 15) is 9.59 Å². The van der Waals surface area contributed by atoms with Crippen LogP contribution < -0.4 is 9.47 Å². The molecule has 3 heterocycles. The smallest absolute Gasteiger partial charge is 0.257 e. The number of piperazine rings is 1. The number of benzene rings is 2. The highest BCUT2D eigenvalue weighted by atomic mass is 16.7. The Morgan fingerprint density at radius 3 is 2.22 bits per heavy atom. The summed E-state index contributed by atoms with van der Waals surface area (Å²) < 4.78 is 12.5. The van der Waals surface area contributed by atoms with E-state index >= 15 is 0 Å². The van der Waals surface area contributed by atoms with Crippen molar-refractivity contribution in [3.8, 4) is 17.2 Å². The second kappa shape index (κ2) is 8.03. The SMILES string of the molecule is Cc1ccc(-n2ncc(C(=O)N3CCN(C(=O)c4ccc5c(c4)OCO5)CC3)c2C)cc1. The Labute approximate surface area is 185 Å². The van der Waals surface area contributed by atoms with Crippen LogP contribution in [0.15, 0.2) is 48.7 Å². The summed E-state index contributed by atoms with van der Waals surface area (Å²) >= 11 is 0. The van der Waals surface area contributed by atoms with Gasteiger partial charge in [-0.2, -0.15) is 5.10 Å². The fourth-order valence-electron chi connectivity index (χ4n) is 4.06. The molecular weight excluding hydrogens is 408 g/mol. The van der Waals surface area contributed by atoms with Crippen LogP contribution in [0.1, 0.15) is 32.0 Å². The van der Waals surface area contributed by atoms with Crippen molar-refractivity contribution >= 4 is 11.8 Å². The van der Waals surface area contributed by atoms with Gasteiger partial charge in [-0.15, -0.1) is 0 Å². The molecule has 0 aliphatic carbocycles. The number of carbonyl (C=O) groups is 2.